The molecule has 8 heteroatoms. The average molecular weight is 488 g/mol. The molecule has 0 spiro atoms. The highest BCUT2D eigenvalue weighted by Gasteiger charge is 2.30. The van der Waals surface area contributed by atoms with Crippen molar-refractivity contribution in [2.45, 2.75) is 24.5 Å². The van der Waals surface area contributed by atoms with Gasteiger partial charge in [0.15, 0.2) is 5.72 Å². The zero-order valence-electron chi connectivity index (χ0n) is 20.3. The Bertz CT molecular complexity index is 1400. The first kappa shape index (κ1) is 23.3. The Kier molecular flexibility index (Phi) is 5.94. The van der Waals surface area contributed by atoms with Gasteiger partial charge in [0, 0.05) is 48.5 Å². The Morgan fingerprint density at radius 1 is 1.29 bits per heavy atom. The van der Waals surface area contributed by atoms with Crippen LogP contribution < -0.4 is 21.1 Å². The van der Waals surface area contributed by atoms with Gasteiger partial charge in [-0.25, -0.2) is 0 Å². The quantitative estimate of drug-likeness (QED) is 0.572. The number of pyridine rings is 1. The van der Waals surface area contributed by atoms with E-state index in [2.05, 4.69) is 34.7 Å². The maximum Gasteiger partial charge on any atom is 0.264 e. The maximum atomic E-state index is 14.1. The van der Waals surface area contributed by atoms with Gasteiger partial charge in [-0.15, -0.1) is 11.8 Å². The Labute approximate surface area is 209 Å². The summed E-state index contributed by atoms with van der Waals surface area (Å²) >= 11 is 1.79. The number of thioether (sulfide) groups is 1. The van der Waals surface area contributed by atoms with Crippen molar-refractivity contribution >= 4 is 40.6 Å². The molecule has 0 amide bonds. The Balaban J connectivity index is 1.74. The van der Waals surface area contributed by atoms with Crippen LogP contribution in [-0.4, -0.2) is 42.6 Å². The van der Waals surface area contributed by atoms with Gasteiger partial charge in [0.05, 0.1) is 23.0 Å². The van der Waals surface area contributed by atoms with Crippen LogP contribution in [0.15, 0.2) is 70.0 Å². The van der Waals surface area contributed by atoms with Crippen molar-refractivity contribution in [2.24, 2.45) is 0 Å². The van der Waals surface area contributed by atoms with E-state index in [1.807, 2.05) is 50.3 Å². The second kappa shape index (κ2) is 8.94. The van der Waals surface area contributed by atoms with Gasteiger partial charge in [0.2, 0.25) is 0 Å². The summed E-state index contributed by atoms with van der Waals surface area (Å²) < 4.78 is 7.71. The van der Waals surface area contributed by atoms with E-state index in [0.717, 1.165) is 34.0 Å². The lowest BCUT2D eigenvalue weighted by Crippen LogP contribution is -2.40. The summed E-state index contributed by atoms with van der Waals surface area (Å²) in [5.41, 5.74) is 4.42. The van der Waals surface area contributed by atoms with Gasteiger partial charge in [0.25, 0.3) is 5.56 Å². The molecule has 0 saturated carbocycles. The molecule has 2 aromatic rings. The van der Waals surface area contributed by atoms with Crippen molar-refractivity contribution in [3.8, 4) is 5.69 Å². The van der Waals surface area contributed by atoms with E-state index in [1.165, 1.54) is 4.90 Å². The summed E-state index contributed by atoms with van der Waals surface area (Å²) in [4.78, 5) is 17.5. The van der Waals surface area contributed by atoms with Crippen molar-refractivity contribution in [2.75, 3.05) is 36.8 Å². The SMILES string of the molecule is CCO[C@@]1(C)C=Cc2cc(C3=C/C(=C/NC)C(=N)C=C3)c(=O)n(-c3ccc4c(c3)N(C)CS4)c2N1. The van der Waals surface area contributed by atoms with Gasteiger partial charge in [-0.05, 0) is 61.9 Å². The Morgan fingerprint density at radius 2 is 2.11 bits per heavy atom. The third-order valence-corrected chi connectivity index (χ3v) is 7.48. The predicted octanol–water partition coefficient (Wildman–Crippen LogP) is 4.60. The van der Waals surface area contributed by atoms with Gasteiger partial charge >= 0.3 is 0 Å². The molecule has 1 atom stereocenters. The molecule has 0 bridgehead atoms. The molecule has 0 fully saturated rings. The molecule has 0 unspecified atom stereocenters. The number of anilines is 2. The van der Waals surface area contributed by atoms with Gasteiger partial charge in [-0.1, -0.05) is 12.2 Å². The Morgan fingerprint density at radius 3 is 2.89 bits per heavy atom. The van der Waals surface area contributed by atoms with E-state index in [-0.39, 0.29) is 5.56 Å². The number of rotatable bonds is 5. The lowest BCUT2D eigenvalue weighted by Gasteiger charge is -2.34. The topological polar surface area (TPSA) is 82.4 Å². The minimum Gasteiger partial charge on any atom is -0.393 e. The monoisotopic (exact) mass is 487 g/mol. The number of fused-ring (bicyclic) bond motifs is 2. The highest BCUT2D eigenvalue weighted by molar-refractivity contribution is 7.99. The number of benzene rings is 1. The molecular weight excluding hydrogens is 458 g/mol. The molecule has 2 aliphatic heterocycles. The second-order valence-corrected chi connectivity index (χ2v) is 9.85. The molecule has 3 aliphatic rings. The minimum absolute atomic E-state index is 0.133. The molecule has 1 aromatic heterocycles. The first-order valence-corrected chi connectivity index (χ1v) is 12.6. The van der Waals surface area contributed by atoms with Crippen LogP contribution in [0.5, 0.6) is 0 Å². The maximum absolute atomic E-state index is 14.1. The first-order chi connectivity index (χ1) is 16.8. The number of allylic oxidation sites excluding steroid dienone is 5. The van der Waals surface area contributed by atoms with Gasteiger partial charge in [-0.3, -0.25) is 9.36 Å². The number of nitrogens with zero attached hydrogens (tertiary/aromatic N) is 2. The highest BCUT2D eigenvalue weighted by Crippen LogP contribution is 2.40. The van der Waals surface area contributed by atoms with Crippen molar-refractivity contribution in [3.05, 3.63) is 81.8 Å². The molecule has 0 radical (unpaired) electrons. The summed E-state index contributed by atoms with van der Waals surface area (Å²) in [6.07, 6.45) is 11.2. The lowest BCUT2D eigenvalue weighted by atomic mass is 9.94. The summed E-state index contributed by atoms with van der Waals surface area (Å²) in [6.45, 7) is 4.45. The zero-order chi connectivity index (χ0) is 24.7. The van der Waals surface area contributed by atoms with Crippen LogP contribution >= 0.6 is 11.8 Å². The van der Waals surface area contributed by atoms with Crippen LogP contribution in [0, 0.1) is 5.41 Å². The predicted molar refractivity (Wildman–Crippen MR) is 146 cm³/mol. The van der Waals surface area contributed by atoms with Crippen LogP contribution in [0.25, 0.3) is 17.3 Å². The molecule has 1 aromatic carbocycles. The number of aromatic nitrogens is 1. The molecule has 180 valence electrons. The van der Waals surface area contributed by atoms with Crippen LogP contribution in [0.2, 0.25) is 0 Å². The second-order valence-electron chi connectivity index (χ2n) is 8.86. The zero-order valence-corrected chi connectivity index (χ0v) is 21.1. The standard InChI is InChI=1S/C27H29N5O2S/c1-5-34-27(2)11-10-18-13-21(17-6-8-22(28)19(12-17)15-29-3)26(33)32(25(18)30-27)20-7-9-24-23(14-20)31(4)16-35-24/h6-15,28-30H,5,16H2,1-4H3/b19-15-,28-22?/t27-/m0/s1. The summed E-state index contributed by atoms with van der Waals surface area (Å²) in [6, 6.07) is 8.08. The Hall–Kier alpha value is -3.49. The molecule has 3 N–H and O–H groups in total. The van der Waals surface area contributed by atoms with E-state index < -0.39 is 5.72 Å². The molecule has 3 heterocycles. The van der Waals surface area contributed by atoms with Gasteiger partial charge < -0.3 is 25.7 Å². The van der Waals surface area contributed by atoms with E-state index in [4.69, 9.17) is 10.1 Å². The summed E-state index contributed by atoms with van der Waals surface area (Å²) in [5, 5.41) is 14.6. The van der Waals surface area contributed by atoms with Crippen molar-refractivity contribution < 1.29 is 4.74 Å². The van der Waals surface area contributed by atoms with Crippen LogP contribution in [0.3, 0.4) is 0 Å². The fourth-order valence-electron chi connectivity index (χ4n) is 4.56. The number of hydrogen-bond donors (Lipinski definition) is 3. The van der Waals surface area contributed by atoms with Gasteiger partial charge in [-0.2, -0.15) is 0 Å². The fourth-order valence-corrected chi connectivity index (χ4v) is 5.56. The van der Waals surface area contributed by atoms with E-state index in [9.17, 15) is 4.79 Å². The van der Waals surface area contributed by atoms with E-state index in [1.54, 1.807) is 35.7 Å². The van der Waals surface area contributed by atoms with Crippen LogP contribution in [0.1, 0.15) is 25.0 Å². The van der Waals surface area contributed by atoms with E-state index >= 15 is 0 Å². The van der Waals surface area contributed by atoms with E-state index in [0.29, 0.717) is 23.7 Å². The van der Waals surface area contributed by atoms with Crippen molar-refractivity contribution in [3.63, 3.8) is 0 Å². The molecule has 0 saturated heterocycles. The largest absolute Gasteiger partial charge is 0.393 e. The van der Waals surface area contributed by atoms with Crippen LogP contribution in [0.4, 0.5) is 11.5 Å². The summed E-state index contributed by atoms with van der Waals surface area (Å²) in [7, 11) is 3.86. The molecule has 1 aliphatic carbocycles. The average Bonchev–Trinajstić information content (AvgIpc) is 3.20. The van der Waals surface area contributed by atoms with Gasteiger partial charge in [0.1, 0.15) is 5.82 Å². The highest BCUT2D eigenvalue weighted by atomic mass is 32.2. The smallest absolute Gasteiger partial charge is 0.264 e. The van der Waals surface area contributed by atoms with Crippen molar-refractivity contribution in [1.29, 1.82) is 5.41 Å². The molecule has 35 heavy (non-hydrogen) atoms. The molecule has 5 rings (SSSR count). The molecular formula is C27H29N5O2S. The first-order valence-electron chi connectivity index (χ1n) is 11.6. The minimum atomic E-state index is -0.720. The third-order valence-electron chi connectivity index (χ3n) is 6.31. The number of ether oxygens (including phenoxy) is 1. The summed E-state index contributed by atoms with van der Waals surface area (Å²) in [5.74, 6) is 1.59. The lowest BCUT2D eigenvalue weighted by molar-refractivity contribution is 0.0352. The van der Waals surface area contributed by atoms with Crippen molar-refractivity contribution in [1.82, 2.24) is 9.88 Å². The fraction of sp³-hybridized carbons (Fsp3) is 0.259. The van der Waals surface area contributed by atoms with Crippen LogP contribution in [-0.2, 0) is 4.74 Å². The molecule has 7 nitrogen and oxygen atoms in total. The normalized spacial score (nSPS) is 21.6. The number of nitrogens with one attached hydrogen (secondary N) is 3. The number of hydrogen-bond acceptors (Lipinski definition) is 7. The third kappa shape index (κ3) is 4.13.